The van der Waals surface area contributed by atoms with E-state index in [0.717, 1.165) is 11.3 Å². The average Bonchev–Trinajstić information content (AvgIpc) is 2.98. The quantitative estimate of drug-likeness (QED) is 0.830. The number of hydrogen-bond donors (Lipinski definition) is 2. The lowest BCUT2D eigenvalue weighted by atomic mass is 9.98. The van der Waals surface area contributed by atoms with Gasteiger partial charge >= 0.3 is 0 Å². The van der Waals surface area contributed by atoms with Crippen LogP contribution < -0.4 is 5.73 Å². The highest BCUT2D eigenvalue weighted by molar-refractivity contribution is 5.73. The van der Waals surface area contributed by atoms with E-state index < -0.39 is 0 Å². The van der Waals surface area contributed by atoms with E-state index in [1.807, 2.05) is 18.2 Å². The van der Waals surface area contributed by atoms with Crippen molar-refractivity contribution < 1.29 is 0 Å². The largest absolute Gasteiger partial charge is 0.382 e. The summed E-state index contributed by atoms with van der Waals surface area (Å²) < 4.78 is 0. The van der Waals surface area contributed by atoms with Crippen LogP contribution in [-0.2, 0) is 0 Å². The summed E-state index contributed by atoms with van der Waals surface area (Å²) in [4.78, 5) is 4.37. The van der Waals surface area contributed by atoms with Crippen LogP contribution in [0.1, 0.15) is 37.3 Å². The van der Waals surface area contributed by atoms with Crippen molar-refractivity contribution in [1.82, 2.24) is 15.2 Å². The van der Waals surface area contributed by atoms with Crippen molar-refractivity contribution in [3.63, 3.8) is 0 Å². The predicted octanol–water partition coefficient (Wildman–Crippen LogP) is 2.71. The van der Waals surface area contributed by atoms with Gasteiger partial charge in [-0.25, -0.2) is 0 Å². The smallest absolute Gasteiger partial charge is 0.154 e. The van der Waals surface area contributed by atoms with Crippen molar-refractivity contribution in [2.24, 2.45) is 0 Å². The van der Waals surface area contributed by atoms with Crippen molar-refractivity contribution in [3.05, 3.63) is 30.1 Å². The van der Waals surface area contributed by atoms with Gasteiger partial charge in [-0.2, -0.15) is 5.10 Å². The second-order valence-electron chi connectivity index (χ2n) is 4.59. The molecule has 2 aromatic rings. The first kappa shape index (κ1) is 10.3. The maximum Gasteiger partial charge on any atom is 0.154 e. The summed E-state index contributed by atoms with van der Waals surface area (Å²) in [6.07, 6.45) is 6.83. The van der Waals surface area contributed by atoms with Gasteiger partial charge in [0.2, 0.25) is 0 Å². The zero-order valence-electron chi connectivity index (χ0n) is 9.69. The lowest BCUT2D eigenvalue weighted by molar-refractivity contribution is 0.694. The van der Waals surface area contributed by atoms with E-state index in [0.29, 0.717) is 11.7 Å². The van der Waals surface area contributed by atoms with Gasteiger partial charge in [0.25, 0.3) is 0 Å². The number of pyridine rings is 1. The Bertz CT molecular complexity index is 497. The Morgan fingerprint density at radius 2 is 2.06 bits per heavy atom. The molecule has 0 aliphatic heterocycles. The van der Waals surface area contributed by atoms with Gasteiger partial charge < -0.3 is 5.73 Å². The molecule has 0 atom stereocenters. The van der Waals surface area contributed by atoms with E-state index in [1.165, 1.54) is 31.4 Å². The van der Waals surface area contributed by atoms with E-state index in [2.05, 4.69) is 15.2 Å². The number of nitrogens with two attached hydrogens (primary N) is 1. The third-order valence-electron chi connectivity index (χ3n) is 3.51. The number of H-pyrrole nitrogens is 1. The van der Waals surface area contributed by atoms with Gasteiger partial charge in [-0.05, 0) is 25.0 Å². The Hall–Kier alpha value is -1.84. The molecule has 0 radical (unpaired) electrons. The summed E-state index contributed by atoms with van der Waals surface area (Å²) in [5.74, 6) is 1.13. The minimum Gasteiger partial charge on any atom is -0.382 e. The minimum atomic E-state index is 0.561. The molecule has 0 bridgehead atoms. The second kappa shape index (κ2) is 4.20. The van der Waals surface area contributed by atoms with Crippen molar-refractivity contribution in [1.29, 1.82) is 0 Å². The maximum absolute atomic E-state index is 5.96. The molecule has 0 saturated heterocycles. The molecule has 3 rings (SSSR count). The van der Waals surface area contributed by atoms with Crippen molar-refractivity contribution in [2.75, 3.05) is 5.73 Å². The first-order chi connectivity index (χ1) is 8.36. The van der Waals surface area contributed by atoms with Crippen molar-refractivity contribution >= 4 is 5.82 Å². The fourth-order valence-corrected chi connectivity index (χ4v) is 2.66. The molecule has 0 unspecified atom stereocenters. The van der Waals surface area contributed by atoms with Crippen LogP contribution in [0.15, 0.2) is 24.4 Å². The topological polar surface area (TPSA) is 67.6 Å². The first-order valence-electron chi connectivity index (χ1n) is 6.11. The summed E-state index contributed by atoms with van der Waals surface area (Å²) in [5, 5.41) is 7.25. The highest BCUT2D eigenvalue weighted by atomic mass is 15.2. The summed E-state index contributed by atoms with van der Waals surface area (Å²) >= 11 is 0. The van der Waals surface area contributed by atoms with Crippen LogP contribution in [0.25, 0.3) is 11.3 Å². The number of nitrogen functional groups attached to an aromatic ring is 1. The maximum atomic E-state index is 5.96. The number of aromatic amines is 1. The number of nitrogens with zero attached hydrogens (tertiary/aromatic N) is 2. The molecule has 1 fully saturated rings. The molecule has 0 amide bonds. The molecule has 17 heavy (non-hydrogen) atoms. The molecule has 88 valence electrons. The normalized spacial score (nSPS) is 16.5. The number of anilines is 1. The second-order valence-corrected chi connectivity index (χ2v) is 4.59. The average molecular weight is 228 g/mol. The number of hydrogen-bond acceptors (Lipinski definition) is 3. The Labute approximate surface area is 100 Å². The first-order valence-corrected chi connectivity index (χ1v) is 6.11. The van der Waals surface area contributed by atoms with E-state index in [4.69, 9.17) is 5.73 Å². The predicted molar refractivity (Wildman–Crippen MR) is 67.4 cm³/mol. The molecule has 1 aliphatic rings. The lowest BCUT2D eigenvalue weighted by Gasteiger charge is -2.09. The highest BCUT2D eigenvalue weighted by Gasteiger charge is 2.24. The number of rotatable bonds is 2. The molecule has 0 aromatic carbocycles. The van der Waals surface area contributed by atoms with Gasteiger partial charge in [-0.3, -0.25) is 10.1 Å². The van der Waals surface area contributed by atoms with Crippen LogP contribution in [0.3, 0.4) is 0 Å². The molecule has 2 aromatic heterocycles. The van der Waals surface area contributed by atoms with Gasteiger partial charge in [-0.15, -0.1) is 0 Å². The van der Waals surface area contributed by atoms with Gasteiger partial charge in [0.05, 0.1) is 11.3 Å². The Morgan fingerprint density at radius 1 is 1.24 bits per heavy atom. The van der Waals surface area contributed by atoms with Gasteiger partial charge in [0, 0.05) is 17.8 Å². The summed E-state index contributed by atoms with van der Waals surface area (Å²) in [5.41, 5.74) is 9.04. The molecular formula is C13H16N4. The van der Waals surface area contributed by atoms with Crippen LogP contribution in [0, 0.1) is 0 Å². The van der Waals surface area contributed by atoms with Crippen LogP contribution in [0.4, 0.5) is 5.82 Å². The minimum absolute atomic E-state index is 0.561. The zero-order chi connectivity index (χ0) is 11.7. The molecule has 3 N–H and O–H groups in total. The Balaban J connectivity index is 2.06. The standard InChI is InChI=1S/C13H16N4/c14-13-11(10-7-3-4-8-15-10)12(16-17-13)9-5-1-2-6-9/h3-4,7-9H,1-2,5-6H2,(H3,14,16,17). The van der Waals surface area contributed by atoms with E-state index in [9.17, 15) is 0 Å². The van der Waals surface area contributed by atoms with E-state index >= 15 is 0 Å². The third kappa shape index (κ3) is 1.79. The van der Waals surface area contributed by atoms with Crippen molar-refractivity contribution in [3.8, 4) is 11.3 Å². The van der Waals surface area contributed by atoms with E-state index in [1.54, 1.807) is 6.20 Å². The highest BCUT2D eigenvalue weighted by Crippen LogP contribution is 2.39. The molecule has 4 nitrogen and oxygen atoms in total. The van der Waals surface area contributed by atoms with Gasteiger partial charge in [0.1, 0.15) is 0 Å². The zero-order valence-corrected chi connectivity index (χ0v) is 9.69. The molecule has 2 heterocycles. The SMILES string of the molecule is Nc1n[nH]c(C2CCCC2)c1-c1ccccn1. The van der Waals surface area contributed by atoms with E-state index in [-0.39, 0.29) is 0 Å². The third-order valence-corrected chi connectivity index (χ3v) is 3.51. The lowest BCUT2D eigenvalue weighted by Crippen LogP contribution is -1.97. The van der Waals surface area contributed by atoms with Gasteiger partial charge in [-0.1, -0.05) is 18.9 Å². The van der Waals surface area contributed by atoms with Crippen LogP contribution in [0.2, 0.25) is 0 Å². The molecule has 0 spiro atoms. The summed E-state index contributed by atoms with van der Waals surface area (Å²) in [6, 6.07) is 5.88. The Kier molecular flexibility index (Phi) is 2.55. The fraction of sp³-hybridized carbons (Fsp3) is 0.385. The van der Waals surface area contributed by atoms with Crippen LogP contribution in [0.5, 0.6) is 0 Å². The number of nitrogens with one attached hydrogen (secondary N) is 1. The number of aromatic nitrogens is 3. The van der Waals surface area contributed by atoms with Crippen LogP contribution >= 0.6 is 0 Å². The van der Waals surface area contributed by atoms with Gasteiger partial charge in [0.15, 0.2) is 5.82 Å². The van der Waals surface area contributed by atoms with Crippen LogP contribution in [-0.4, -0.2) is 15.2 Å². The summed E-state index contributed by atoms with van der Waals surface area (Å²) in [7, 11) is 0. The fourth-order valence-electron chi connectivity index (χ4n) is 2.66. The molecule has 1 aliphatic carbocycles. The molecule has 1 saturated carbocycles. The molecule has 4 heteroatoms. The summed E-state index contributed by atoms with van der Waals surface area (Å²) in [6.45, 7) is 0. The molecular weight excluding hydrogens is 212 g/mol. The van der Waals surface area contributed by atoms with Crippen molar-refractivity contribution in [2.45, 2.75) is 31.6 Å². The monoisotopic (exact) mass is 228 g/mol. The Morgan fingerprint density at radius 3 is 2.76 bits per heavy atom.